The van der Waals surface area contributed by atoms with E-state index in [0.29, 0.717) is 19.1 Å². The Morgan fingerprint density at radius 2 is 2.42 bits per heavy atom. The van der Waals surface area contributed by atoms with Crippen molar-refractivity contribution in [2.24, 2.45) is 11.3 Å². The third kappa shape index (κ3) is 2.92. The van der Waals surface area contributed by atoms with Crippen molar-refractivity contribution in [2.45, 2.75) is 13.5 Å². The molecule has 4 heterocycles. The van der Waals surface area contributed by atoms with E-state index in [1.165, 1.54) is 10.9 Å². The molecule has 2 aliphatic heterocycles. The van der Waals surface area contributed by atoms with E-state index in [9.17, 15) is 4.39 Å². The number of fused-ring (bicyclic) bond motifs is 1. The number of rotatable bonds is 5. The van der Waals surface area contributed by atoms with Crippen molar-refractivity contribution in [3.63, 3.8) is 0 Å². The number of hydrogen-bond acceptors (Lipinski definition) is 6. The average Bonchev–Trinajstić information content (AvgIpc) is 3.22. The molecule has 0 aliphatic carbocycles. The number of thiazole rings is 1. The first-order valence-electron chi connectivity index (χ1n) is 8.09. The predicted molar refractivity (Wildman–Crippen MR) is 88.6 cm³/mol. The van der Waals surface area contributed by atoms with Crippen molar-refractivity contribution in [3.05, 3.63) is 40.2 Å². The van der Waals surface area contributed by atoms with Gasteiger partial charge in [-0.15, -0.1) is 11.3 Å². The molecule has 128 valence electrons. The molecule has 0 bridgehead atoms. The van der Waals surface area contributed by atoms with Crippen LogP contribution in [0.25, 0.3) is 0 Å². The standard InChI is InChI=1S/C17H20FN3O2S/c1-12-15(24-11-20-12)6-21-5-13-7-22-9-17(13,8-21)10-23-16-14(18)3-2-4-19-16/h2-4,11,13H,5-10H2,1H3/t13-,17+/m1/s1. The molecule has 0 N–H and O–H groups in total. The monoisotopic (exact) mass is 349 g/mol. The van der Waals surface area contributed by atoms with Crippen LogP contribution in [0.4, 0.5) is 4.39 Å². The zero-order valence-corrected chi connectivity index (χ0v) is 14.4. The van der Waals surface area contributed by atoms with Gasteiger partial charge in [0.05, 0.1) is 31.0 Å². The normalized spacial score (nSPS) is 26.7. The summed E-state index contributed by atoms with van der Waals surface area (Å²) in [4.78, 5) is 12.1. The summed E-state index contributed by atoms with van der Waals surface area (Å²) in [7, 11) is 0. The maximum atomic E-state index is 13.7. The van der Waals surface area contributed by atoms with Crippen molar-refractivity contribution in [1.82, 2.24) is 14.9 Å². The summed E-state index contributed by atoms with van der Waals surface area (Å²) in [5.74, 6) is 0.0753. The van der Waals surface area contributed by atoms with Gasteiger partial charge in [-0.2, -0.15) is 0 Å². The van der Waals surface area contributed by atoms with Crippen molar-refractivity contribution < 1.29 is 13.9 Å². The van der Waals surface area contributed by atoms with Crippen LogP contribution in [-0.2, 0) is 11.3 Å². The van der Waals surface area contributed by atoms with E-state index < -0.39 is 5.82 Å². The Balaban J connectivity index is 1.45. The summed E-state index contributed by atoms with van der Waals surface area (Å²) in [6.07, 6.45) is 1.55. The minimum absolute atomic E-state index is 0.0780. The number of aryl methyl sites for hydroxylation is 1. The molecule has 0 radical (unpaired) electrons. The minimum Gasteiger partial charge on any atom is -0.475 e. The van der Waals surface area contributed by atoms with E-state index >= 15 is 0 Å². The van der Waals surface area contributed by atoms with Crippen LogP contribution in [0.15, 0.2) is 23.8 Å². The van der Waals surface area contributed by atoms with Crippen molar-refractivity contribution >= 4 is 11.3 Å². The summed E-state index contributed by atoms with van der Waals surface area (Å²) in [5, 5.41) is 0. The highest BCUT2D eigenvalue weighted by Crippen LogP contribution is 2.42. The smallest absolute Gasteiger partial charge is 0.250 e. The number of halogens is 1. The lowest BCUT2D eigenvalue weighted by Gasteiger charge is -2.27. The average molecular weight is 349 g/mol. The Hall–Kier alpha value is -1.57. The zero-order valence-electron chi connectivity index (χ0n) is 13.6. The SMILES string of the molecule is Cc1ncsc1CN1C[C@@H]2COC[C@]2(COc2ncccc2F)C1. The van der Waals surface area contributed by atoms with Gasteiger partial charge in [-0.1, -0.05) is 0 Å². The molecule has 4 rings (SSSR count). The Bertz CT molecular complexity index is 725. The van der Waals surface area contributed by atoms with Gasteiger partial charge in [-0.25, -0.2) is 14.4 Å². The van der Waals surface area contributed by atoms with E-state index in [4.69, 9.17) is 9.47 Å². The highest BCUT2D eigenvalue weighted by Gasteiger charge is 2.51. The summed E-state index contributed by atoms with van der Waals surface area (Å²) >= 11 is 1.70. The Kier molecular flexibility index (Phi) is 4.24. The zero-order chi connectivity index (χ0) is 16.6. The molecule has 24 heavy (non-hydrogen) atoms. The van der Waals surface area contributed by atoms with Crippen molar-refractivity contribution in [2.75, 3.05) is 32.9 Å². The van der Waals surface area contributed by atoms with Gasteiger partial charge < -0.3 is 9.47 Å². The molecule has 2 fully saturated rings. The quantitative estimate of drug-likeness (QED) is 0.830. The molecule has 2 atom stereocenters. The molecule has 0 saturated carbocycles. The number of likely N-dealkylation sites (tertiary alicyclic amines) is 1. The second-order valence-electron chi connectivity index (χ2n) is 6.68. The first-order chi connectivity index (χ1) is 11.7. The number of pyridine rings is 1. The molecule has 2 aromatic rings. The topological polar surface area (TPSA) is 47.5 Å². The third-order valence-electron chi connectivity index (χ3n) is 5.02. The summed E-state index contributed by atoms with van der Waals surface area (Å²) in [6.45, 7) is 6.66. The van der Waals surface area contributed by atoms with Gasteiger partial charge >= 0.3 is 0 Å². The maximum absolute atomic E-state index is 13.7. The van der Waals surface area contributed by atoms with Crippen LogP contribution < -0.4 is 4.74 Å². The highest BCUT2D eigenvalue weighted by molar-refractivity contribution is 7.09. The van der Waals surface area contributed by atoms with Crippen LogP contribution in [0, 0.1) is 24.1 Å². The van der Waals surface area contributed by atoms with Crippen LogP contribution >= 0.6 is 11.3 Å². The van der Waals surface area contributed by atoms with Gasteiger partial charge in [0, 0.05) is 42.0 Å². The van der Waals surface area contributed by atoms with Crippen molar-refractivity contribution in [3.8, 4) is 5.88 Å². The van der Waals surface area contributed by atoms with Crippen LogP contribution in [0.5, 0.6) is 5.88 Å². The Morgan fingerprint density at radius 3 is 3.21 bits per heavy atom. The number of hydrogen-bond donors (Lipinski definition) is 0. The number of aromatic nitrogens is 2. The predicted octanol–water partition coefficient (Wildman–Crippen LogP) is 2.51. The third-order valence-corrected chi connectivity index (χ3v) is 5.94. The van der Waals surface area contributed by atoms with Crippen molar-refractivity contribution in [1.29, 1.82) is 0 Å². The lowest BCUT2D eigenvalue weighted by Crippen LogP contribution is -2.37. The van der Waals surface area contributed by atoms with E-state index in [-0.39, 0.29) is 11.3 Å². The molecule has 2 aromatic heterocycles. The number of ether oxygens (including phenoxy) is 2. The molecule has 0 aromatic carbocycles. The summed E-state index contributed by atoms with van der Waals surface area (Å²) in [6, 6.07) is 2.94. The fourth-order valence-corrected chi connectivity index (χ4v) is 4.46. The second kappa shape index (κ2) is 6.38. The van der Waals surface area contributed by atoms with E-state index in [2.05, 4.69) is 21.8 Å². The van der Waals surface area contributed by atoms with E-state index in [1.54, 1.807) is 23.6 Å². The summed E-state index contributed by atoms with van der Waals surface area (Å²) in [5.41, 5.74) is 2.92. The molecule has 2 saturated heterocycles. The summed E-state index contributed by atoms with van der Waals surface area (Å²) < 4.78 is 25.2. The first-order valence-corrected chi connectivity index (χ1v) is 8.97. The van der Waals surface area contributed by atoms with Crippen LogP contribution in [0.2, 0.25) is 0 Å². The maximum Gasteiger partial charge on any atom is 0.250 e. The number of nitrogens with zero attached hydrogens (tertiary/aromatic N) is 3. The van der Waals surface area contributed by atoms with E-state index in [1.807, 2.05) is 5.51 Å². The van der Waals surface area contributed by atoms with Gasteiger partial charge in [-0.05, 0) is 19.1 Å². The molecule has 5 nitrogen and oxygen atoms in total. The van der Waals surface area contributed by atoms with Gasteiger partial charge in [0.25, 0.3) is 0 Å². The molecule has 2 aliphatic rings. The molecular formula is C17H20FN3O2S. The highest BCUT2D eigenvalue weighted by atomic mass is 32.1. The molecule has 0 spiro atoms. The molecule has 0 unspecified atom stereocenters. The Morgan fingerprint density at radius 1 is 1.50 bits per heavy atom. The minimum atomic E-state index is -0.417. The first kappa shape index (κ1) is 15.9. The fraction of sp³-hybridized carbons (Fsp3) is 0.529. The molecule has 7 heteroatoms. The van der Waals surface area contributed by atoms with Gasteiger partial charge in [0.15, 0.2) is 5.82 Å². The van der Waals surface area contributed by atoms with Crippen LogP contribution in [-0.4, -0.2) is 47.8 Å². The lowest BCUT2D eigenvalue weighted by molar-refractivity contribution is 0.0863. The molecular weight excluding hydrogens is 329 g/mol. The van der Waals surface area contributed by atoms with Gasteiger partial charge in [0.1, 0.15) is 0 Å². The van der Waals surface area contributed by atoms with Gasteiger partial charge in [-0.3, -0.25) is 4.90 Å². The van der Waals surface area contributed by atoms with E-state index in [0.717, 1.165) is 31.9 Å². The largest absolute Gasteiger partial charge is 0.475 e. The second-order valence-corrected chi connectivity index (χ2v) is 7.62. The lowest BCUT2D eigenvalue weighted by atomic mass is 9.82. The Labute approximate surface area is 144 Å². The van der Waals surface area contributed by atoms with Crippen LogP contribution in [0.3, 0.4) is 0 Å². The molecule has 0 amide bonds. The van der Waals surface area contributed by atoms with Gasteiger partial charge in [0.2, 0.25) is 5.88 Å². The van der Waals surface area contributed by atoms with Crippen LogP contribution in [0.1, 0.15) is 10.6 Å². The fourth-order valence-electron chi connectivity index (χ4n) is 3.64.